The lowest BCUT2D eigenvalue weighted by molar-refractivity contribution is 0.449. The molecule has 1 aromatic heterocycles. The van der Waals surface area contributed by atoms with Gasteiger partial charge >= 0.3 is 0 Å². The molecule has 3 aromatic rings. The molecule has 0 saturated heterocycles. The number of fused-ring (bicyclic) bond motifs is 1. The molecular weight excluding hydrogens is 328 g/mol. The maximum atomic E-state index is 12.5. The molecule has 0 fully saturated rings. The number of H-pyrrole nitrogens is 1. The summed E-state index contributed by atoms with van der Waals surface area (Å²) in [6.07, 6.45) is 1.73. The SMILES string of the molecule is Cc1ccccc1C=c1c(=O)[nH]c(O)c2c1=NN(c1ccccc1)C2=N. The van der Waals surface area contributed by atoms with Gasteiger partial charge < -0.3 is 5.11 Å². The van der Waals surface area contributed by atoms with Gasteiger partial charge in [0.15, 0.2) is 5.84 Å². The standard InChI is InChI=1S/C20H16N4O2/c1-12-7-5-6-8-13(12)11-15-17-16(20(26)22-19(15)25)18(21)24(23-17)14-9-3-2-4-10-14/h2-11,21,26H,1H3,(H,22,25). The van der Waals surface area contributed by atoms with Crippen LogP contribution in [0.2, 0.25) is 0 Å². The second kappa shape index (κ2) is 6.00. The number of nitrogens with zero attached hydrogens (tertiary/aromatic N) is 2. The van der Waals surface area contributed by atoms with Crippen LogP contribution in [0.3, 0.4) is 0 Å². The Bertz CT molecular complexity index is 1200. The van der Waals surface area contributed by atoms with Crippen molar-refractivity contribution in [3.8, 4) is 5.88 Å². The molecule has 0 unspecified atom stereocenters. The minimum atomic E-state index is -0.448. The fourth-order valence-corrected chi connectivity index (χ4v) is 2.97. The molecule has 6 nitrogen and oxygen atoms in total. The first-order valence-electron chi connectivity index (χ1n) is 8.11. The Labute approximate surface area is 148 Å². The Morgan fingerprint density at radius 3 is 2.54 bits per heavy atom. The highest BCUT2D eigenvalue weighted by atomic mass is 16.3. The first-order chi connectivity index (χ1) is 12.6. The summed E-state index contributed by atoms with van der Waals surface area (Å²) in [5.74, 6) is -0.335. The van der Waals surface area contributed by atoms with E-state index in [1.54, 1.807) is 6.08 Å². The second-order valence-corrected chi connectivity index (χ2v) is 6.04. The maximum absolute atomic E-state index is 12.5. The number of aromatic amines is 1. The number of amidine groups is 1. The van der Waals surface area contributed by atoms with E-state index in [0.717, 1.165) is 11.1 Å². The van der Waals surface area contributed by atoms with E-state index in [9.17, 15) is 9.90 Å². The van der Waals surface area contributed by atoms with Crippen molar-refractivity contribution in [3.05, 3.63) is 92.2 Å². The quantitative estimate of drug-likeness (QED) is 0.659. The van der Waals surface area contributed by atoms with Crippen molar-refractivity contribution >= 4 is 17.6 Å². The molecule has 0 aliphatic carbocycles. The van der Waals surface area contributed by atoms with Gasteiger partial charge in [0, 0.05) is 0 Å². The molecule has 1 aliphatic rings. The number of pyridine rings is 1. The zero-order valence-electron chi connectivity index (χ0n) is 14.0. The van der Waals surface area contributed by atoms with Crippen LogP contribution in [-0.4, -0.2) is 15.9 Å². The Morgan fingerprint density at radius 1 is 1.12 bits per heavy atom. The second-order valence-electron chi connectivity index (χ2n) is 6.04. The molecule has 0 radical (unpaired) electrons. The van der Waals surface area contributed by atoms with Crippen LogP contribution in [0.5, 0.6) is 5.88 Å². The lowest BCUT2D eigenvalue weighted by Crippen LogP contribution is -2.42. The number of hydrogen-bond acceptors (Lipinski definition) is 4. The summed E-state index contributed by atoms with van der Waals surface area (Å²) in [4.78, 5) is 14.9. The number of para-hydroxylation sites is 1. The molecule has 0 saturated carbocycles. The highest BCUT2D eigenvalue weighted by Gasteiger charge is 2.26. The van der Waals surface area contributed by atoms with E-state index in [-0.39, 0.29) is 17.3 Å². The summed E-state index contributed by atoms with van der Waals surface area (Å²) in [6.45, 7) is 1.95. The number of nitrogens with one attached hydrogen (secondary N) is 2. The molecule has 4 rings (SSSR count). The largest absolute Gasteiger partial charge is 0.494 e. The van der Waals surface area contributed by atoms with Crippen LogP contribution in [0.4, 0.5) is 5.69 Å². The monoisotopic (exact) mass is 344 g/mol. The molecule has 6 heteroatoms. The molecular formula is C20H16N4O2. The predicted molar refractivity (Wildman–Crippen MR) is 100 cm³/mol. The van der Waals surface area contributed by atoms with E-state index < -0.39 is 5.56 Å². The van der Waals surface area contributed by atoms with Gasteiger partial charge in [-0.1, -0.05) is 42.5 Å². The van der Waals surface area contributed by atoms with Gasteiger partial charge in [-0.15, -0.1) is 0 Å². The molecule has 0 amide bonds. The highest BCUT2D eigenvalue weighted by Crippen LogP contribution is 2.21. The van der Waals surface area contributed by atoms with Crippen LogP contribution < -0.4 is 21.1 Å². The van der Waals surface area contributed by atoms with Gasteiger partial charge in [0.1, 0.15) is 10.9 Å². The van der Waals surface area contributed by atoms with Crippen molar-refractivity contribution in [1.29, 1.82) is 5.41 Å². The van der Waals surface area contributed by atoms with Crippen LogP contribution in [0.15, 0.2) is 64.5 Å². The lowest BCUT2D eigenvalue weighted by atomic mass is 10.1. The molecule has 3 N–H and O–H groups in total. The van der Waals surface area contributed by atoms with Crippen molar-refractivity contribution in [1.82, 2.24) is 4.98 Å². The van der Waals surface area contributed by atoms with Crippen molar-refractivity contribution in [2.24, 2.45) is 5.10 Å². The molecule has 2 heterocycles. The first-order valence-corrected chi connectivity index (χ1v) is 8.11. The summed E-state index contributed by atoms with van der Waals surface area (Å²) < 4.78 is 0. The Hall–Kier alpha value is -3.67. The third kappa shape index (κ3) is 2.48. The Morgan fingerprint density at radius 2 is 1.81 bits per heavy atom. The molecule has 2 aromatic carbocycles. The summed E-state index contributed by atoms with van der Waals surface area (Å²) in [6, 6.07) is 16.9. The van der Waals surface area contributed by atoms with Crippen molar-refractivity contribution in [2.45, 2.75) is 6.92 Å². The van der Waals surface area contributed by atoms with E-state index in [2.05, 4.69) is 10.1 Å². The van der Waals surface area contributed by atoms with Crippen LogP contribution in [0.25, 0.3) is 6.08 Å². The van der Waals surface area contributed by atoms with Gasteiger partial charge in [-0.3, -0.25) is 15.2 Å². The molecule has 26 heavy (non-hydrogen) atoms. The fraction of sp³-hybridized carbons (Fsp3) is 0.0500. The molecule has 1 aliphatic heterocycles. The zero-order valence-corrected chi connectivity index (χ0v) is 14.0. The number of benzene rings is 2. The minimum Gasteiger partial charge on any atom is -0.494 e. The normalized spacial score (nSPS) is 13.7. The summed E-state index contributed by atoms with van der Waals surface area (Å²) in [5.41, 5.74) is 2.35. The lowest BCUT2D eigenvalue weighted by Gasteiger charge is -2.13. The van der Waals surface area contributed by atoms with Crippen LogP contribution in [-0.2, 0) is 0 Å². The van der Waals surface area contributed by atoms with E-state index in [4.69, 9.17) is 5.41 Å². The van der Waals surface area contributed by atoms with Crippen LogP contribution >= 0.6 is 0 Å². The summed E-state index contributed by atoms with van der Waals surface area (Å²) >= 11 is 0. The zero-order chi connectivity index (χ0) is 18.3. The van der Waals surface area contributed by atoms with Crippen molar-refractivity contribution < 1.29 is 5.11 Å². The third-order valence-corrected chi connectivity index (χ3v) is 4.34. The Balaban J connectivity index is 2.02. The summed E-state index contributed by atoms with van der Waals surface area (Å²) in [5, 5.41) is 25.1. The maximum Gasteiger partial charge on any atom is 0.260 e. The van der Waals surface area contributed by atoms with Crippen LogP contribution in [0, 0.1) is 12.3 Å². The highest BCUT2D eigenvalue weighted by molar-refractivity contribution is 6.10. The number of hydrogen-bond donors (Lipinski definition) is 3. The average Bonchev–Trinajstić information content (AvgIpc) is 2.98. The molecule has 128 valence electrons. The van der Waals surface area contributed by atoms with Crippen LogP contribution in [0.1, 0.15) is 16.7 Å². The molecule has 0 spiro atoms. The molecule has 0 atom stereocenters. The first kappa shape index (κ1) is 15.8. The number of anilines is 1. The van der Waals surface area contributed by atoms with Crippen molar-refractivity contribution in [2.75, 3.05) is 5.01 Å². The summed E-state index contributed by atoms with van der Waals surface area (Å²) in [7, 11) is 0. The van der Waals surface area contributed by atoms with E-state index in [1.165, 1.54) is 5.01 Å². The van der Waals surface area contributed by atoms with E-state index >= 15 is 0 Å². The third-order valence-electron chi connectivity index (χ3n) is 4.34. The molecule has 0 bridgehead atoms. The number of aromatic hydroxyl groups is 1. The van der Waals surface area contributed by atoms with Gasteiger partial charge in [-0.25, -0.2) is 5.01 Å². The van der Waals surface area contributed by atoms with Gasteiger partial charge in [-0.05, 0) is 36.3 Å². The minimum absolute atomic E-state index is 0.0133. The topological polar surface area (TPSA) is 92.5 Å². The van der Waals surface area contributed by atoms with Gasteiger partial charge in [-0.2, -0.15) is 5.10 Å². The number of aryl methyl sites for hydroxylation is 1. The van der Waals surface area contributed by atoms with Crippen molar-refractivity contribution in [3.63, 3.8) is 0 Å². The Kier molecular flexibility index (Phi) is 3.65. The average molecular weight is 344 g/mol. The van der Waals surface area contributed by atoms with Gasteiger partial charge in [0.25, 0.3) is 5.56 Å². The van der Waals surface area contributed by atoms with Gasteiger partial charge in [0.05, 0.1) is 10.9 Å². The predicted octanol–water partition coefficient (Wildman–Crippen LogP) is 1.60. The van der Waals surface area contributed by atoms with E-state index in [1.807, 2.05) is 61.5 Å². The van der Waals surface area contributed by atoms with Gasteiger partial charge in [0.2, 0.25) is 5.88 Å². The van der Waals surface area contributed by atoms with E-state index in [0.29, 0.717) is 16.3 Å². The smallest absolute Gasteiger partial charge is 0.260 e. The number of aromatic nitrogens is 1. The fourth-order valence-electron chi connectivity index (χ4n) is 2.97. The number of rotatable bonds is 2.